The Morgan fingerprint density at radius 1 is 1.16 bits per heavy atom. The summed E-state index contributed by atoms with van der Waals surface area (Å²) in [7, 11) is 1.68. The number of fused-ring (bicyclic) bond motifs is 1. The molecule has 8 heteroatoms. The van der Waals surface area contributed by atoms with E-state index < -0.39 is 0 Å². The molecule has 1 aromatic carbocycles. The number of imidazole rings is 1. The summed E-state index contributed by atoms with van der Waals surface area (Å²) in [5.41, 5.74) is 2.40. The van der Waals surface area contributed by atoms with Gasteiger partial charge >= 0.3 is 0 Å². The Morgan fingerprint density at radius 2 is 2.03 bits per heavy atom. The van der Waals surface area contributed by atoms with Gasteiger partial charge in [0.25, 0.3) is 5.91 Å². The number of benzene rings is 1. The third-order valence-corrected chi connectivity index (χ3v) is 5.52. The zero-order chi connectivity index (χ0) is 21.2. The zero-order valence-electron chi connectivity index (χ0n) is 17.1. The van der Waals surface area contributed by atoms with Gasteiger partial charge < -0.3 is 15.0 Å². The van der Waals surface area contributed by atoms with E-state index >= 15 is 0 Å². The third-order valence-electron chi connectivity index (χ3n) is 5.52. The first-order valence-electron chi connectivity index (χ1n) is 10.2. The summed E-state index contributed by atoms with van der Waals surface area (Å²) in [6.07, 6.45) is 7.06. The van der Waals surface area contributed by atoms with Crippen LogP contribution in [0.3, 0.4) is 0 Å². The molecule has 156 valence electrons. The van der Waals surface area contributed by atoms with Crippen LogP contribution in [0.1, 0.15) is 34.8 Å². The number of ether oxygens (including phenoxy) is 1. The molecule has 5 rings (SSSR count). The summed E-state index contributed by atoms with van der Waals surface area (Å²) >= 11 is 0. The van der Waals surface area contributed by atoms with Crippen LogP contribution >= 0.6 is 0 Å². The molecule has 4 heterocycles. The van der Waals surface area contributed by atoms with Crippen LogP contribution in [0.4, 0.5) is 11.6 Å². The van der Waals surface area contributed by atoms with Crippen molar-refractivity contribution in [3.05, 3.63) is 78.2 Å². The lowest BCUT2D eigenvalue weighted by atomic mass is 10.0. The van der Waals surface area contributed by atoms with E-state index in [0.29, 0.717) is 17.0 Å². The molecule has 1 aliphatic rings. The first-order valence-corrected chi connectivity index (χ1v) is 10.2. The molecular weight excluding hydrogens is 392 g/mol. The minimum absolute atomic E-state index is 0.254. The summed E-state index contributed by atoms with van der Waals surface area (Å²) in [5.74, 6) is 1.93. The van der Waals surface area contributed by atoms with Crippen molar-refractivity contribution in [2.24, 2.45) is 0 Å². The number of carbonyl (C=O) groups is 1. The second-order valence-electron chi connectivity index (χ2n) is 7.44. The van der Waals surface area contributed by atoms with Crippen LogP contribution in [0.15, 0.2) is 67.1 Å². The number of pyridine rings is 1. The predicted octanol–water partition coefficient (Wildman–Crippen LogP) is 3.73. The van der Waals surface area contributed by atoms with Gasteiger partial charge in [0.15, 0.2) is 11.5 Å². The molecule has 0 saturated carbocycles. The maximum absolute atomic E-state index is 12.4. The second kappa shape index (κ2) is 8.06. The Morgan fingerprint density at radius 3 is 2.81 bits per heavy atom. The largest absolute Gasteiger partial charge is 0.497 e. The van der Waals surface area contributed by atoms with E-state index in [1.54, 1.807) is 36.2 Å². The highest BCUT2D eigenvalue weighted by molar-refractivity contribution is 6.03. The van der Waals surface area contributed by atoms with Crippen molar-refractivity contribution in [2.75, 3.05) is 23.9 Å². The van der Waals surface area contributed by atoms with Crippen LogP contribution in [0, 0.1) is 0 Å². The van der Waals surface area contributed by atoms with Gasteiger partial charge in [0.1, 0.15) is 11.6 Å². The molecule has 1 N–H and O–H groups in total. The molecule has 0 aliphatic carbocycles. The van der Waals surface area contributed by atoms with E-state index in [2.05, 4.69) is 32.3 Å². The van der Waals surface area contributed by atoms with Gasteiger partial charge in [0.2, 0.25) is 0 Å². The molecular formula is C23H22N6O2. The first-order chi connectivity index (χ1) is 15.2. The van der Waals surface area contributed by atoms with Crippen molar-refractivity contribution >= 4 is 23.2 Å². The number of amides is 1. The second-order valence-corrected chi connectivity index (χ2v) is 7.44. The molecule has 0 spiro atoms. The van der Waals surface area contributed by atoms with Crippen molar-refractivity contribution in [1.82, 2.24) is 19.6 Å². The predicted molar refractivity (Wildman–Crippen MR) is 117 cm³/mol. The van der Waals surface area contributed by atoms with Gasteiger partial charge in [-0.2, -0.15) is 0 Å². The van der Waals surface area contributed by atoms with E-state index in [0.717, 1.165) is 31.0 Å². The van der Waals surface area contributed by atoms with E-state index in [1.165, 1.54) is 11.8 Å². The van der Waals surface area contributed by atoms with Crippen LogP contribution in [-0.2, 0) is 0 Å². The van der Waals surface area contributed by atoms with Crippen LogP contribution < -0.4 is 15.0 Å². The van der Waals surface area contributed by atoms with Gasteiger partial charge in [-0.1, -0.05) is 12.1 Å². The van der Waals surface area contributed by atoms with Gasteiger partial charge in [-0.15, -0.1) is 5.10 Å². The van der Waals surface area contributed by atoms with Gasteiger partial charge in [0, 0.05) is 18.9 Å². The molecule has 1 aliphatic heterocycles. The lowest BCUT2D eigenvalue weighted by molar-refractivity contribution is 0.102. The Balaban J connectivity index is 1.38. The van der Waals surface area contributed by atoms with Gasteiger partial charge in [-0.3, -0.25) is 9.78 Å². The van der Waals surface area contributed by atoms with Gasteiger partial charge in [-0.25, -0.2) is 9.50 Å². The maximum atomic E-state index is 12.4. The molecule has 8 nitrogen and oxygen atoms in total. The molecule has 1 unspecified atom stereocenters. The molecule has 0 radical (unpaired) electrons. The maximum Gasteiger partial charge on any atom is 0.258 e. The number of anilines is 2. The quantitative estimate of drug-likeness (QED) is 0.536. The van der Waals surface area contributed by atoms with Gasteiger partial charge in [-0.05, 0) is 54.8 Å². The lowest BCUT2D eigenvalue weighted by Gasteiger charge is -2.26. The SMILES string of the molecule is COc1ccc(C2CCCN2c2ccc3nc(NC(=O)c4cccnc4)cn3n2)cc1. The van der Waals surface area contributed by atoms with Crippen molar-refractivity contribution in [1.29, 1.82) is 0 Å². The minimum atomic E-state index is -0.254. The number of nitrogens with zero attached hydrogens (tertiary/aromatic N) is 5. The van der Waals surface area contributed by atoms with Crippen LogP contribution in [0.25, 0.3) is 5.65 Å². The molecule has 1 amide bonds. The number of aromatic nitrogens is 4. The lowest BCUT2D eigenvalue weighted by Crippen LogP contribution is -2.24. The topological polar surface area (TPSA) is 84.6 Å². The number of nitrogens with one attached hydrogen (secondary N) is 1. The molecule has 1 saturated heterocycles. The average molecular weight is 414 g/mol. The Hall–Kier alpha value is -3.94. The third kappa shape index (κ3) is 3.79. The minimum Gasteiger partial charge on any atom is -0.497 e. The van der Waals surface area contributed by atoms with E-state index in [1.807, 2.05) is 24.3 Å². The number of hydrogen-bond donors (Lipinski definition) is 1. The molecule has 1 atom stereocenters. The number of rotatable bonds is 5. The van der Waals surface area contributed by atoms with Crippen molar-refractivity contribution in [3.8, 4) is 5.75 Å². The molecule has 3 aromatic heterocycles. The summed E-state index contributed by atoms with van der Waals surface area (Å²) in [5, 5.41) is 7.56. The van der Waals surface area contributed by atoms with Crippen LogP contribution in [0.2, 0.25) is 0 Å². The normalized spacial score (nSPS) is 15.9. The Labute approximate surface area is 179 Å². The highest BCUT2D eigenvalue weighted by Crippen LogP contribution is 2.35. The Kier molecular flexibility index (Phi) is 4.95. The fraction of sp³-hybridized carbons (Fsp3) is 0.217. The van der Waals surface area contributed by atoms with E-state index in [4.69, 9.17) is 9.84 Å². The van der Waals surface area contributed by atoms with E-state index in [-0.39, 0.29) is 11.9 Å². The smallest absolute Gasteiger partial charge is 0.258 e. The highest BCUT2D eigenvalue weighted by Gasteiger charge is 2.27. The van der Waals surface area contributed by atoms with Crippen molar-refractivity contribution in [2.45, 2.75) is 18.9 Å². The number of carbonyl (C=O) groups excluding carboxylic acids is 1. The van der Waals surface area contributed by atoms with Gasteiger partial charge in [0.05, 0.1) is 24.9 Å². The molecule has 31 heavy (non-hydrogen) atoms. The summed E-state index contributed by atoms with van der Waals surface area (Å²) < 4.78 is 6.99. The fourth-order valence-corrected chi connectivity index (χ4v) is 3.98. The summed E-state index contributed by atoms with van der Waals surface area (Å²) in [6, 6.07) is 15.8. The monoisotopic (exact) mass is 414 g/mol. The highest BCUT2D eigenvalue weighted by atomic mass is 16.5. The zero-order valence-corrected chi connectivity index (χ0v) is 17.1. The molecule has 1 fully saturated rings. The Bertz CT molecular complexity index is 1210. The number of hydrogen-bond acceptors (Lipinski definition) is 6. The average Bonchev–Trinajstić information content (AvgIpc) is 3.46. The summed E-state index contributed by atoms with van der Waals surface area (Å²) in [4.78, 5) is 23.1. The molecule has 0 bridgehead atoms. The van der Waals surface area contributed by atoms with Crippen LogP contribution in [0.5, 0.6) is 5.75 Å². The first kappa shape index (κ1) is 19.0. The fourth-order valence-electron chi connectivity index (χ4n) is 3.98. The molecule has 4 aromatic rings. The van der Waals surface area contributed by atoms with Crippen LogP contribution in [-0.4, -0.2) is 39.1 Å². The van der Waals surface area contributed by atoms with Crippen molar-refractivity contribution < 1.29 is 9.53 Å². The number of methoxy groups -OCH3 is 1. The summed E-state index contributed by atoms with van der Waals surface area (Å²) in [6.45, 7) is 0.939. The van der Waals surface area contributed by atoms with E-state index in [9.17, 15) is 4.79 Å². The van der Waals surface area contributed by atoms with Crippen molar-refractivity contribution in [3.63, 3.8) is 0 Å². The standard InChI is InChI=1S/C23H22N6O2/c1-31-18-8-6-16(7-9-18)19-5-3-13-28(19)22-11-10-21-25-20(15-29(21)27-22)26-23(30)17-4-2-12-24-14-17/h2,4,6-12,14-15,19H,3,5,13H2,1H3,(H,26,30).